The number of carbonyl (C=O) groups excluding carboxylic acids is 3. The molecule has 0 bridgehead atoms. The van der Waals surface area contributed by atoms with Crippen LogP contribution >= 0.6 is 0 Å². The highest BCUT2D eigenvalue weighted by molar-refractivity contribution is 6.33. The fourth-order valence-electron chi connectivity index (χ4n) is 2.31. The predicted molar refractivity (Wildman–Crippen MR) is 82.5 cm³/mol. The van der Waals surface area contributed by atoms with Crippen molar-refractivity contribution in [2.24, 2.45) is 0 Å². The summed E-state index contributed by atoms with van der Waals surface area (Å²) in [5.74, 6) is -0.926. The number of anilines is 2. The number of fused-ring (bicyclic) bond motifs is 1. The van der Waals surface area contributed by atoms with E-state index in [9.17, 15) is 14.4 Å². The van der Waals surface area contributed by atoms with Gasteiger partial charge in [-0.15, -0.1) is 0 Å². The van der Waals surface area contributed by atoms with E-state index in [1.54, 1.807) is 37.3 Å². The largest absolute Gasteiger partial charge is 0.450 e. The van der Waals surface area contributed by atoms with Gasteiger partial charge >= 0.3 is 6.09 Å². The van der Waals surface area contributed by atoms with Gasteiger partial charge in [0.15, 0.2) is 0 Å². The second-order valence-corrected chi connectivity index (χ2v) is 4.74. The Hall–Kier alpha value is -3.22. The van der Waals surface area contributed by atoms with Gasteiger partial charge in [-0.05, 0) is 37.3 Å². The van der Waals surface area contributed by atoms with E-state index in [-0.39, 0.29) is 17.9 Å². The van der Waals surface area contributed by atoms with E-state index in [0.717, 1.165) is 4.90 Å². The first kappa shape index (κ1) is 14.7. The minimum atomic E-state index is -0.603. The third-order valence-corrected chi connectivity index (χ3v) is 3.27. The molecule has 1 aliphatic rings. The quantitative estimate of drug-likeness (QED) is 0.880. The number of rotatable bonds is 3. The molecule has 0 aliphatic carbocycles. The van der Waals surface area contributed by atoms with Gasteiger partial charge in [0.05, 0.1) is 17.9 Å². The summed E-state index contributed by atoms with van der Waals surface area (Å²) in [4.78, 5) is 41.2. The summed E-state index contributed by atoms with van der Waals surface area (Å²) in [6.07, 6.45) is 0.861. The number of benzene rings is 1. The number of nitrogens with one attached hydrogen (secondary N) is 1. The molecule has 0 saturated heterocycles. The zero-order valence-corrected chi connectivity index (χ0v) is 12.3. The molecule has 2 aromatic rings. The summed E-state index contributed by atoms with van der Waals surface area (Å²) in [6.45, 7) is 1.94. The standard InChI is InChI=1S/C16H13N3O4/c1-2-23-16(22)18-10-5-3-6-11(9-10)19-14(20)12-7-4-8-17-13(12)15(19)21/h3-9H,2H2,1H3,(H,18,22). The summed E-state index contributed by atoms with van der Waals surface area (Å²) < 4.78 is 4.80. The van der Waals surface area contributed by atoms with E-state index in [1.165, 1.54) is 12.3 Å². The van der Waals surface area contributed by atoms with Crippen LogP contribution in [-0.2, 0) is 4.74 Å². The van der Waals surface area contributed by atoms with E-state index < -0.39 is 17.9 Å². The van der Waals surface area contributed by atoms with Gasteiger partial charge in [0.25, 0.3) is 11.8 Å². The molecule has 0 spiro atoms. The number of hydrogen-bond donors (Lipinski definition) is 1. The van der Waals surface area contributed by atoms with E-state index in [4.69, 9.17) is 4.74 Å². The lowest BCUT2D eigenvalue weighted by Crippen LogP contribution is -2.29. The lowest BCUT2D eigenvalue weighted by molar-refractivity contribution is 0.0924. The molecule has 0 radical (unpaired) electrons. The zero-order chi connectivity index (χ0) is 16.4. The van der Waals surface area contributed by atoms with Crippen LogP contribution in [0.5, 0.6) is 0 Å². The monoisotopic (exact) mass is 311 g/mol. The fraction of sp³-hybridized carbons (Fsp3) is 0.125. The molecule has 0 fully saturated rings. The molecule has 7 heteroatoms. The second kappa shape index (κ2) is 5.88. The van der Waals surface area contributed by atoms with Gasteiger partial charge < -0.3 is 4.74 Å². The SMILES string of the molecule is CCOC(=O)Nc1cccc(N2C(=O)c3cccnc3C2=O)c1. The maximum Gasteiger partial charge on any atom is 0.411 e. The molecular formula is C16H13N3O4. The van der Waals surface area contributed by atoms with Gasteiger partial charge in [-0.2, -0.15) is 0 Å². The lowest BCUT2D eigenvalue weighted by Gasteiger charge is -2.15. The molecule has 3 rings (SSSR count). The third kappa shape index (κ3) is 2.64. The topological polar surface area (TPSA) is 88.6 Å². The van der Waals surface area contributed by atoms with Crippen molar-refractivity contribution in [2.45, 2.75) is 6.92 Å². The Labute approximate surface area is 131 Å². The summed E-state index contributed by atoms with van der Waals surface area (Å²) >= 11 is 0. The smallest absolute Gasteiger partial charge is 0.411 e. The number of amides is 3. The predicted octanol–water partition coefficient (Wildman–Crippen LogP) is 2.45. The average molecular weight is 311 g/mol. The van der Waals surface area contributed by atoms with Crippen molar-refractivity contribution >= 4 is 29.3 Å². The Morgan fingerprint density at radius 2 is 2.04 bits per heavy atom. The van der Waals surface area contributed by atoms with Crippen LogP contribution < -0.4 is 10.2 Å². The van der Waals surface area contributed by atoms with Crippen LogP contribution in [0, 0.1) is 0 Å². The van der Waals surface area contributed by atoms with E-state index in [0.29, 0.717) is 11.4 Å². The van der Waals surface area contributed by atoms with Gasteiger partial charge in [-0.3, -0.25) is 19.9 Å². The number of ether oxygens (including phenoxy) is 1. The number of pyridine rings is 1. The Morgan fingerprint density at radius 1 is 1.22 bits per heavy atom. The molecular weight excluding hydrogens is 298 g/mol. The summed E-state index contributed by atoms with van der Waals surface area (Å²) in [5, 5.41) is 2.53. The Balaban J connectivity index is 1.90. The molecule has 116 valence electrons. The van der Waals surface area contributed by atoms with Crippen molar-refractivity contribution in [3.05, 3.63) is 53.9 Å². The molecule has 0 unspecified atom stereocenters. The molecule has 0 saturated carbocycles. The van der Waals surface area contributed by atoms with Crippen LogP contribution in [0.15, 0.2) is 42.6 Å². The molecule has 0 atom stereocenters. The van der Waals surface area contributed by atoms with Crippen molar-refractivity contribution in [3.63, 3.8) is 0 Å². The number of aromatic nitrogens is 1. The lowest BCUT2D eigenvalue weighted by atomic mass is 10.2. The maximum atomic E-state index is 12.4. The maximum absolute atomic E-state index is 12.4. The fourth-order valence-corrected chi connectivity index (χ4v) is 2.31. The van der Waals surface area contributed by atoms with Crippen LogP contribution in [0.25, 0.3) is 0 Å². The molecule has 1 aliphatic heterocycles. The normalized spacial score (nSPS) is 13.0. The molecule has 2 heterocycles. The first-order chi connectivity index (χ1) is 11.1. The van der Waals surface area contributed by atoms with Gasteiger partial charge in [-0.25, -0.2) is 9.69 Å². The van der Waals surface area contributed by atoms with Crippen LogP contribution in [0.1, 0.15) is 27.8 Å². The Bertz CT molecular complexity index is 768. The molecule has 7 nitrogen and oxygen atoms in total. The van der Waals surface area contributed by atoms with E-state index in [1.807, 2.05) is 0 Å². The van der Waals surface area contributed by atoms with Gasteiger partial charge in [-0.1, -0.05) is 6.07 Å². The molecule has 23 heavy (non-hydrogen) atoms. The Kier molecular flexibility index (Phi) is 3.76. The number of imide groups is 1. The van der Waals surface area contributed by atoms with Gasteiger partial charge in [0.1, 0.15) is 5.69 Å². The van der Waals surface area contributed by atoms with Crippen LogP contribution in [0.4, 0.5) is 16.2 Å². The van der Waals surface area contributed by atoms with Crippen LogP contribution in [0.3, 0.4) is 0 Å². The van der Waals surface area contributed by atoms with Gasteiger partial charge in [0, 0.05) is 11.9 Å². The molecule has 1 N–H and O–H groups in total. The van der Waals surface area contributed by atoms with Crippen LogP contribution in [0.2, 0.25) is 0 Å². The van der Waals surface area contributed by atoms with E-state index >= 15 is 0 Å². The first-order valence-electron chi connectivity index (χ1n) is 6.99. The first-order valence-corrected chi connectivity index (χ1v) is 6.99. The second-order valence-electron chi connectivity index (χ2n) is 4.74. The van der Waals surface area contributed by atoms with Gasteiger partial charge in [0.2, 0.25) is 0 Å². The van der Waals surface area contributed by atoms with Crippen molar-refractivity contribution in [1.29, 1.82) is 0 Å². The third-order valence-electron chi connectivity index (χ3n) is 3.27. The highest BCUT2D eigenvalue weighted by Gasteiger charge is 2.37. The average Bonchev–Trinajstić information content (AvgIpc) is 2.80. The molecule has 3 amide bonds. The molecule has 1 aromatic carbocycles. The van der Waals surface area contributed by atoms with Crippen molar-refractivity contribution in [3.8, 4) is 0 Å². The number of carbonyl (C=O) groups is 3. The van der Waals surface area contributed by atoms with Crippen LogP contribution in [-0.4, -0.2) is 29.5 Å². The summed E-state index contributed by atoms with van der Waals surface area (Å²) in [7, 11) is 0. The van der Waals surface area contributed by atoms with Crippen molar-refractivity contribution < 1.29 is 19.1 Å². The highest BCUT2D eigenvalue weighted by Crippen LogP contribution is 2.28. The summed E-state index contributed by atoms with van der Waals surface area (Å²) in [6, 6.07) is 9.57. The minimum Gasteiger partial charge on any atom is -0.450 e. The number of nitrogens with zero attached hydrogens (tertiary/aromatic N) is 2. The minimum absolute atomic E-state index is 0.126. The highest BCUT2D eigenvalue weighted by atomic mass is 16.5. The zero-order valence-electron chi connectivity index (χ0n) is 12.3. The molecule has 1 aromatic heterocycles. The van der Waals surface area contributed by atoms with Crippen molar-refractivity contribution in [2.75, 3.05) is 16.8 Å². The Morgan fingerprint density at radius 3 is 2.78 bits per heavy atom. The van der Waals surface area contributed by atoms with E-state index in [2.05, 4.69) is 10.3 Å². The van der Waals surface area contributed by atoms with Crippen molar-refractivity contribution in [1.82, 2.24) is 4.98 Å². The number of hydrogen-bond acceptors (Lipinski definition) is 5. The summed E-state index contributed by atoms with van der Waals surface area (Å²) in [5.41, 5.74) is 1.17.